The van der Waals surface area contributed by atoms with E-state index in [2.05, 4.69) is 10.6 Å². The molecule has 2 rings (SSSR count). The van der Waals surface area contributed by atoms with Crippen molar-refractivity contribution in [3.05, 3.63) is 59.7 Å². The van der Waals surface area contributed by atoms with E-state index in [0.717, 1.165) is 11.1 Å². The zero-order valence-electron chi connectivity index (χ0n) is 15.2. The van der Waals surface area contributed by atoms with Gasteiger partial charge in [0.05, 0.1) is 4.90 Å². The number of primary sulfonamides is 1. The summed E-state index contributed by atoms with van der Waals surface area (Å²) in [6, 6.07) is 13.4. The number of nitrogens with two attached hydrogens (primary N) is 1. The van der Waals surface area contributed by atoms with Crippen LogP contribution < -0.4 is 15.8 Å². The van der Waals surface area contributed by atoms with Gasteiger partial charge < -0.3 is 10.6 Å². The monoisotopic (exact) mass is 389 g/mol. The number of sulfonamides is 1. The molecule has 2 aromatic carbocycles. The van der Waals surface area contributed by atoms with Crippen molar-refractivity contribution in [2.45, 2.75) is 31.1 Å². The second kappa shape index (κ2) is 8.79. The lowest BCUT2D eigenvalue weighted by atomic mass is 10.0. The highest BCUT2D eigenvalue weighted by atomic mass is 32.2. The second-order valence-corrected chi connectivity index (χ2v) is 7.95. The molecule has 0 aliphatic heterocycles. The first-order valence-electron chi connectivity index (χ1n) is 8.48. The van der Waals surface area contributed by atoms with Gasteiger partial charge in [0.15, 0.2) is 0 Å². The fraction of sp³-hybridized carbons (Fsp3) is 0.263. The summed E-state index contributed by atoms with van der Waals surface area (Å²) in [5, 5.41) is 10.2. The summed E-state index contributed by atoms with van der Waals surface area (Å²) < 4.78 is 22.4. The molecular formula is C19H23N3O4S. The first-order valence-corrected chi connectivity index (χ1v) is 10.0. The van der Waals surface area contributed by atoms with E-state index in [1.807, 2.05) is 26.0 Å². The molecule has 144 valence electrons. The van der Waals surface area contributed by atoms with Gasteiger partial charge >= 0.3 is 11.8 Å². The normalized spacial score (nSPS) is 11.3. The Balaban J connectivity index is 1.88. The molecule has 27 heavy (non-hydrogen) atoms. The molecule has 0 radical (unpaired) electrons. The van der Waals surface area contributed by atoms with E-state index >= 15 is 0 Å². The third-order valence-electron chi connectivity index (χ3n) is 3.99. The Morgan fingerprint density at radius 1 is 1.00 bits per heavy atom. The molecule has 0 heterocycles. The molecule has 0 saturated heterocycles. The van der Waals surface area contributed by atoms with Crippen molar-refractivity contribution >= 4 is 27.5 Å². The first-order chi connectivity index (χ1) is 12.7. The Morgan fingerprint density at radius 2 is 1.63 bits per heavy atom. The molecule has 0 aliphatic rings. The molecule has 0 aromatic heterocycles. The van der Waals surface area contributed by atoms with Gasteiger partial charge in [-0.25, -0.2) is 13.6 Å². The summed E-state index contributed by atoms with van der Waals surface area (Å²) in [5.41, 5.74) is 2.38. The van der Waals surface area contributed by atoms with Crippen LogP contribution in [0.1, 0.15) is 30.9 Å². The van der Waals surface area contributed by atoms with Crippen LogP contribution in [0, 0.1) is 0 Å². The maximum atomic E-state index is 12.1. The molecule has 7 nitrogen and oxygen atoms in total. The number of nitrogens with one attached hydrogen (secondary N) is 2. The fourth-order valence-corrected chi connectivity index (χ4v) is 3.06. The quantitative estimate of drug-likeness (QED) is 0.652. The number of amides is 2. The van der Waals surface area contributed by atoms with Gasteiger partial charge in [-0.15, -0.1) is 0 Å². The molecule has 0 aliphatic carbocycles. The lowest BCUT2D eigenvalue weighted by molar-refractivity contribution is -0.136. The van der Waals surface area contributed by atoms with E-state index in [9.17, 15) is 18.0 Å². The van der Waals surface area contributed by atoms with Crippen LogP contribution in [-0.2, 0) is 26.0 Å². The number of para-hydroxylation sites is 1. The minimum absolute atomic E-state index is 0.0264. The Hall–Kier alpha value is -2.71. The lowest BCUT2D eigenvalue weighted by Crippen LogP contribution is -2.36. The van der Waals surface area contributed by atoms with Gasteiger partial charge in [-0.3, -0.25) is 9.59 Å². The van der Waals surface area contributed by atoms with E-state index in [4.69, 9.17) is 5.14 Å². The summed E-state index contributed by atoms with van der Waals surface area (Å²) in [6.45, 7) is 4.26. The maximum absolute atomic E-state index is 12.1. The summed E-state index contributed by atoms with van der Waals surface area (Å²) in [6.07, 6.45) is 0.451. The summed E-state index contributed by atoms with van der Waals surface area (Å²) in [7, 11) is -3.73. The lowest BCUT2D eigenvalue weighted by Gasteiger charge is -2.13. The average Bonchev–Trinajstić information content (AvgIpc) is 2.61. The second-order valence-electron chi connectivity index (χ2n) is 6.39. The zero-order chi connectivity index (χ0) is 20.0. The first kappa shape index (κ1) is 20.6. The average molecular weight is 389 g/mol. The van der Waals surface area contributed by atoms with E-state index in [-0.39, 0.29) is 17.4 Å². The topological polar surface area (TPSA) is 118 Å². The molecule has 8 heteroatoms. The molecule has 2 aromatic rings. The minimum atomic E-state index is -3.73. The van der Waals surface area contributed by atoms with Gasteiger partial charge in [0.1, 0.15) is 0 Å². The van der Waals surface area contributed by atoms with Crippen LogP contribution in [0.4, 0.5) is 5.69 Å². The molecule has 0 bridgehead atoms. The molecule has 0 fully saturated rings. The van der Waals surface area contributed by atoms with Gasteiger partial charge in [-0.2, -0.15) is 0 Å². The van der Waals surface area contributed by atoms with E-state index < -0.39 is 21.8 Å². The summed E-state index contributed by atoms with van der Waals surface area (Å²) in [4.78, 5) is 24.1. The van der Waals surface area contributed by atoms with Crippen molar-refractivity contribution in [2.24, 2.45) is 5.14 Å². The highest BCUT2D eigenvalue weighted by molar-refractivity contribution is 7.89. The van der Waals surface area contributed by atoms with Crippen LogP contribution in [-0.4, -0.2) is 26.8 Å². The highest BCUT2D eigenvalue weighted by Crippen LogP contribution is 2.23. The molecule has 0 unspecified atom stereocenters. The Bertz CT molecular complexity index is 922. The molecule has 0 saturated carbocycles. The fourth-order valence-electron chi connectivity index (χ4n) is 2.54. The maximum Gasteiger partial charge on any atom is 0.313 e. The third-order valence-corrected chi connectivity index (χ3v) is 4.92. The van der Waals surface area contributed by atoms with Crippen molar-refractivity contribution in [3.8, 4) is 0 Å². The Morgan fingerprint density at radius 3 is 2.22 bits per heavy atom. The number of rotatable bonds is 6. The standard InChI is InChI=1S/C19H23N3O4S/c1-13(2)16-5-3-4-6-17(16)22-19(24)18(23)21-12-11-14-7-9-15(10-8-14)27(20,25)26/h3-10,13H,11-12H2,1-2H3,(H,21,23)(H,22,24)(H2,20,25,26). The van der Waals surface area contributed by atoms with Crippen molar-refractivity contribution in [1.29, 1.82) is 0 Å². The van der Waals surface area contributed by atoms with Crippen LogP contribution >= 0.6 is 0 Å². The zero-order valence-corrected chi connectivity index (χ0v) is 16.0. The van der Waals surface area contributed by atoms with Crippen molar-refractivity contribution in [1.82, 2.24) is 5.32 Å². The molecular weight excluding hydrogens is 366 g/mol. The predicted octanol–water partition coefficient (Wildman–Crippen LogP) is 1.75. The van der Waals surface area contributed by atoms with Gasteiger partial charge in [0.2, 0.25) is 10.0 Å². The van der Waals surface area contributed by atoms with Crippen LogP contribution in [0.25, 0.3) is 0 Å². The predicted molar refractivity (Wildman–Crippen MR) is 104 cm³/mol. The largest absolute Gasteiger partial charge is 0.347 e. The third kappa shape index (κ3) is 5.90. The van der Waals surface area contributed by atoms with Crippen LogP contribution in [0.15, 0.2) is 53.4 Å². The SMILES string of the molecule is CC(C)c1ccccc1NC(=O)C(=O)NCCc1ccc(S(N)(=O)=O)cc1. The molecule has 0 atom stereocenters. The summed E-state index contributed by atoms with van der Waals surface area (Å²) >= 11 is 0. The molecule has 4 N–H and O–H groups in total. The Labute approximate surface area is 159 Å². The van der Waals surface area contributed by atoms with Gasteiger partial charge in [0, 0.05) is 12.2 Å². The van der Waals surface area contributed by atoms with Crippen molar-refractivity contribution < 1.29 is 18.0 Å². The smallest absolute Gasteiger partial charge is 0.313 e. The molecule has 2 amide bonds. The number of benzene rings is 2. The van der Waals surface area contributed by atoms with Crippen LogP contribution in [0.3, 0.4) is 0 Å². The van der Waals surface area contributed by atoms with E-state index in [1.54, 1.807) is 24.3 Å². The Kier molecular flexibility index (Phi) is 6.70. The minimum Gasteiger partial charge on any atom is -0.347 e. The van der Waals surface area contributed by atoms with E-state index in [1.165, 1.54) is 12.1 Å². The van der Waals surface area contributed by atoms with Crippen LogP contribution in [0.2, 0.25) is 0 Å². The van der Waals surface area contributed by atoms with Gasteiger partial charge in [0.25, 0.3) is 0 Å². The number of carbonyl (C=O) groups excluding carboxylic acids is 2. The van der Waals surface area contributed by atoms with Gasteiger partial charge in [-0.05, 0) is 41.7 Å². The molecule has 0 spiro atoms. The number of hydrogen-bond acceptors (Lipinski definition) is 4. The number of anilines is 1. The van der Waals surface area contributed by atoms with Crippen molar-refractivity contribution in [2.75, 3.05) is 11.9 Å². The number of hydrogen-bond donors (Lipinski definition) is 3. The van der Waals surface area contributed by atoms with Gasteiger partial charge in [-0.1, -0.05) is 44.2 Å². The van der Waals surface area contributed by atoms with Crippen LogP contribution in [0.5, 0.6) is 0 Å². The van der Waals surface area contributed by atoms with Crippen molar-refractivity contribution in [3.63, 3.8) is 0 Å². The number of carbonyl (C=O) groups is 2. The highest BCUT2D eigenvalue weighted by Gasteiger charge is 2.15. The summed E-state index contributed by atoms with van der Waals surface area (Å²) in [5.74, 6) is -1.24. The van der Waals surface area contributed by atoms with E-state index in [0.29, 0.717) is 12.1 Å².